The zero-order valence-corrected chi connectivity index (χ0v) is 14.1. The van der Waals surface area contributed by atoms with Crippen LogP contribution in [0.25, 0.3) is 10.1 Å². The highest BCUT2D eigenvalue weighted by molar-refractivity contribution is 14.1. The second-order valence-electron chi connectivity index (χ2n) is 4.68. The fraction of sp³-hybridized carbons (Fsp3) is 0.125. The number of halogens is 4. The van der Waals surface area contributed by atoms with Gasteiger partial charge in [-0.1, -0.05) is 22.6 Å². The first-order valence-electron chi connectivity index (χ1n) is 6.38. The van der Waals surface area contributed by atoms with Crippen molar-refractivity contribution in [2.45, 2.75) is 10.6 Å². The van der Waals surface area contributed by atoms with Gasteiger partial charge in [0.2, 0.25) is 0 Å². The standard InChI is InChI=1S/C16H10F3IOS/c17-16(18,19)12-2-4-14(11(7-12)9-20)21-13-3-1-10-5-6-22-15(10)8-13/h1-8H,9H2. The molecule has 0 aliphatic carbocycles. The van der Waals surface area contributed by atoms with E-state index >= 15 is 0 Å². The Morgan fingerprint density at radius 2 is 1.86 bits per heavy atom. The van der Waals surface area contributed by atoms with Crippen LogP contribution in [-0.4, -0.2) is 0 Å². The van der Waals surface area contributed by atoms with Crippen LogP contribution in [0.1, 0.15) is 11.1 Å². The molecular formula is C16H10F3IOS. The Hall–Kier alpha value is -1.28. The third kappa shape index (κ3) is 3.22. The van der Waals surface area contributed by atoms with Crippen molar-refractivity contribution in [1.29, 1.82) is 0 Å². The summed E-state index contributed by atoms with van der Waals surface area (Å²) in [7, 11) is 0. The number of thiophene rings is 1. The maximum Gasteiger partial charge on any atom is 0.416 e. The van der Waals surface area contributed by atoms with E-state index in [-0.39, 0.29) is 0 Å². The maximum atomic E-state index is 12.8. The summed E-state index contributed by atoms with van der Waals surface area (Å²) in [4.78, 5) is 0. The van der Waals surface area contributed by atoms with E-state index in [0.29, 0.717) is 21.5 Å². The van der Waals surface area contributed by atoms with E-state index < -0.39 is 11.7 Å². The lowest BCUT2D eigenvalue weighted by atomic mass is 10.1. The highest BCUT2D eigenvalue weighted by Crippen LogP contribution is 2.36. The molecule has 0 bridgehead atoms. The maximum absolute atomic E-state index is 12.8. The number of alkyl halides is 4. The molecule has 1 aromatic heterocycles. The molecule has 3 rings (SSSR count). The molecule has 0 radical (unpaired) electrons. The monoisotopic (exact) mass is 434 g/mol. The number of fused-ring (bicyclic) bond motifs is 1. The van der Waals surface area contributed by atoms with Crippen LogP contribution >= 0.6 is 33.9 Å². The molecular weight excluding hydrogens is 424 g/mol. The van der Waals surface area contributed by atoms with Crippen LogP contribution in [0.5, 0.6) is 11.5 Å². The molecule has 0 aliphatic rings. The van der Waals surface area contributed by atoms with E-state index in [1.165, 1.54) is 6.07 Å². The van der Waals surface area contributed by atoms with Gasteiger partial charge in [-0.3, -0.25) is 0 Å². The molecule has 0 saturated heterocycles. The van der Waals surface area contributed by atoms with E-state index in [4.69, 9.17) is 4.74 Å². The number of ether oxygens (including phenoxy) is 1. The minimum Gasteiger partial charge on any atom is -0.457 e. The predicted molar refractivity (Wildman–Crippen MR) is 91.1 cm³/mol. The molecule has 0 fully saturated rings. The molecule has 2 aromatic carbocycles. The van der Waals surface area contributed by atoms with Gasteiger partial charge >= 0.3 is 6.18 Å². The van der Waals surface area contributed by atoms with Gasteiger partial charge in [-0.25, -0.2) is 0 Å². The lowest BCUT2D eigenvalue weighted by molar-refractivity contribution is -0.137. The molecule has 0 saturated carbocycles. The van der Waals surface area contributed by atoms with E-state index in [1.807, 2.05) is 52.2 Å². The molecule has 3 aromatic rings. The van der Waals surface area contributed by atoms with Crippen LogP contribution in [-0.2, 0) is 10.6 Å². The Morgan fingerprint density at radius 1 is 1.05 bits per heavy atom. The van der Waals surface area contributed by atoms with Crippen LogP contribution < -0.4 is 4.74 Å². The number of benzene rings is 2. The highest BCUT2D eigenvalue weighted by atomic mass is 127. The van der Waals surface area contributed by atoms with Gasteiger partial charge in [-0.05, 0) is 53.2 Å². The van der Waals surface area contributed by atoms with Crippen molar-refractivity contribution in [2.75, 3.05) is 0 Å². The van der Waals surface area contributed by atoms with Crippen LogP contribution in [0.2, 0.25) is 0 Å². The quantitative estimate of drug-likeness (QED) is 0.332. The largest absolute Gasteiger partial charge is 0.457 e. The van der Waals surface area contributed by atoms with Gasteiger partial charge in [-0.15, -0.1) is 11.3 Å². The minimum atomic E-state index is -4.34. The first-order valence-corrected chi connectivity index (χ1v) is 8.79. The highest BCUT2D eigenvalue weighted by Gasteiger charge is 2.31. The van der Waals surface area contributed by atoms with Crippen molar-refractivity contribution in [3.8, 4) is 11.5 Å². The van der Waals surface area contributed by atoms with Gasteiger partial charge < -0.3 is 4.74 Å². The minimum absolute atomic E-state index is 0.443. The molecule has 1 heterocycles. The van der Waals surface area contributed by atoms with E-state index in [2.05, 4.69) is 0 Å². The van der Waals surface area contributed by atoms with Crippen molar-refractivity contribution in [1.82, 2.24) is 0 Å². The second-order valence-corrected chi connectivity index (χ2v) is 6.39. The molecule has 0 aliphatic heterocycles. The van der Waals surface area contributed by atoms with E-state index in [1.54, 1.807) is 11.3 Å². The summed E-state index contributed by atoms with van der Waals surface area (Å²) in [5, 5.41) is 3.11. The Bertz CT molecular complexity index is 811. The number of hydrogen-bond donors (Lipinski definition) is 0. The molecule has 0 N–H and O–H groups in total. The third-order valence-corrected chi connectivity index (χ3v) is 4.89. The smallest absolute Gasteiger partial charge is 0.416 e. The van der Waals surface area contributed by atoms with Crippen molar-refractivity contribution in [3.05, 3.63) is 59.0 Å². The number of rotatable bonds is 3. The van der Waals surface area contributed by atoms with Crippen molar-refractivity contribution < 1.29 is 17.9 Å². The molecule has 0 atom stereocenters. The normalized spacial score (nSPS) is 11.8. The van der Waals surface area contributed by atoms with Gasteiger partial charge in [0.1, 0.15) is 11.5 Å². The zero-order chi connectivity index (χ0) is 15.7. The average molecular weight is 434 g/mol. The van der Waals surface area contributed by atoms with Crippen LogP contribution in [0.15, 0.2) is 47.8 Å². The summed E-state index contributed by atoms with van der Waals surface area (Å²) in [6, 6.07) is 11.3. The predicted octanol–water partition coefficient (Wildman–Crippen LogP) is 6.65. The molecule has 1 nitrogen and oxygen atoms in total. The van der Waals surface area contributed by atoms with Crippen LogP contribution in [0.3, 0.4) is 0 Å². The molecule has 0 unspecified atom stereocenters. The summed E-state index contributed by atoms with van der Waals surface area (Å²) in [5.74, 6) is 1.08. The SMILES string of the molecule is FC(F)(F)c1ccc(Oc2ccc3ccsc3c2)c(CI)c1. The van der Waals surface area contributed by atoms with Gasteiger partial charge in [-0.2, -0.15) is 13.2 Å². The Kier molecular flexibility index (Phi) is 4.31. The molecule has 0 amide bonds. The third-order valence-electron chi connectivity index (χ3n) is 3.19. The fourth-order valence-electron chi connectivity index (χ4n) is 2.09. The van der Waals surface area contributed by atoms with Crippen molar-refractivity contribution >= 4 is 44.0 Å². The summed E-state index contributed by atoms with van der Waals surface area (Å²) in [6.45, 7) is 0. The first-order chi connectivity index (χ1) is 10.5. The average Bonchev–Trinajstić information content (AvgIpc) is 2.94. The fourth-order valence-corrected chi connectivity index (χ4v) is 3.50. The topological polar surface area (TPSA) is 9.23 Å². The lowest BCUT2D eigenvalue weighted by Gasteiger charge is -2.13. The van der Waals surface area contributed by atoms with Gasteiger partial charge in [0.05, 0.1) is 5.56 Å². The summed E-state index contributed by atoms with van der Waals surface area (Å²) in [6.07, 6.45) is -4.34. The van der Waals surface area contributed by atoms with Gasteiger partial charge in [0, 0.05) is 14.7 Å². The Labute approximate surface area is 142 Å². The Balaban J connectivity index is 1.94. The van der Waals surface area contributed by atoms with Gasteiger partial charge in [0.15, 0.2) is 0 Å². The first kappa shape index (κ1) is 15.6. The second kappa shape index (κ2) is 6.08. The molecule has 114 valence electrons. The van der Waals surface area contributed by atoms with Crippen molar-refractivity contribution in [2.24, 2.45) is 0 Å². The summed E-state index contributed by atoms with van der Waals surface area (Å²) < 4.78 is 45.6. The van der Waals surface area contributed by atoms with E-state index in [0.717, 1.165) is 22.2 Å². The van der Waals surface area contributed by atoms with E-state index in [9.17, 15) is 13.2 Å². The summed E-state index contributed by atoms with van der Waals surface area (Å²) in [5.41, 5.74) is -0.123. The Morgan fingerprint density at radius 3 is 2.59 bits per heavy atom. The number of hydrogen-bond acceptors (Lipinski definition) is 2. The van der Waals surface area contributed by atoms with Gasteiger partial charge in [0.25, 0.3) is 0 Å². The molecule has 0 spiro atoms. The zero-order valence-electron chi connectivity index (χ0n) is 11.2. The molecule has 6 heteroatoms. The lowest BCUT2D eigenvalue weighted by Crippen LogP contribution is -2.05. The summed E-state index contributed by atoms with van der Waals surface area (Å²) >= 11 is 3.63. The van der Waals surface area contributed by atoms with Crippen molar-refractivity contribution in [3.63, 3.8) is 0 Å². The molecule has 22 heavy (non-hydrogen) atoms. The van der Waals surface area contributed by atoms with Crippen LogP contribution in [0.4, 0.5) is 13.2 Å². The van der Waals surface area contributed by atoms with Crippen LogP contribution in [0, 0.1) is 0 Å².